The molecule has 3 aromatic rings. The highest BCUT2D eigenvalue weighted by Crippen LogP contribution is 2.19. The number of nitrogens with one attached hydrogen (secondary N) is 1. The van der Waals surface area contributed by atoms with Crippen LogP contribution in [-0.4, -0.2) is 19.6 Å². The van der Waals surface area contributed by atoms with Crippen LogP contribution >= 0.6 is 0 Å². The van der Waals surface area contributed by atoms with Crippen molar-refractivity contribution in [2.45, 2.75) is 11.5 Å². The van der Waals surface area contributed by atoms with Crippen molar-refractivity contribution in [1.29, 1.82) is 0 Å². The second-order valence-corrected chi connectivity index (χ2v) is 7.17. The van der Waals surface area contributed by atoms with Crippen molar-refractivity contribution in [1.82, 2.24) is 4.83 Å². The van der Waals surface area contributed by atoms with Crippen LogP contribution < -0.4 is 9.57 Å². The molecule has 144 valence electrons. The predicted octanol–water partition coefficient (Wildman–Crippen LogP) is 3.08. The third-order valence-electron chi connectivity index (χ3n) is 3.53. The molecule has 0 bridgehead atoms. The van der Waals surface area contributed by atoms with Crippen LogP contribution in [0, 0.1) is 10.1 Å². The minimum Gasteiger partial charge on any atom is -0.486 e. The van der Waals surface area contributed by atoms with Crippen molar-refractivity contribution < 1.29 is 22.5 Å². The van der Waals surface area contributed by atoms with E-state index in [1.54, 1.807) is 30.3 Å². The topological polar surface area (TPSA) is 124 Å². The van der Waals surface area contributed by atoms with Gasteiger partial charge in [0.05, 0.1) is 16.0 Å². The van der Waals surface area contributed by atoms with E-state index in [1.165, 1.54) is 42.6 Å². The number of sulfonamides is 1. The molecule has 1 N–H and O–H groups in total. The van der Waals surface area contributed by atoms with Gasteiger partial charge in [-0.15, -0.1) is 0 Å². The van der Waals surface area contributed by atoms with E-state index in [2.05, 4.69) is 9.93 Å². The molecule has 1 heterocycles. The molecule has 0 fully saturated rings. The summed E-state index contributed by atoms with van der Waals surface area (Å²) in [6.07, 6.45) is 1.23. The monoisotopic (exact) mass is 401 g/mol. The number of benzene rings is 2. The van der Waals surface area contributed by atoms with Crippen LogP contribution in [0.5, 0.6) is 5.75 Å². The van der Waals surface area contributed by atoms with Gasteiger partial charge in [-0.1, -0.05) is 18.2 Å². The number of non-ortho nitro benzene ring substituents is 1. The van der Waals surface area contributed by atoms with Crippen LogP contribution in [-0.2, 0) is 16.6 Å². The van der Waals surface area contributed by atoms with Crippen LogP contribution in [0.4, 0.5) is 5.69 Å². The van der Waals surface area contributed by atoms with E-state index >= 15 is 0 Å². The fourth-order valence-electron chi connectivity index (χ4n) is 2.17. The Morgan fingerprint density at radius 3 is 2.46 bits per heavy atom. The summed E-state index contributed by atoms with van der Waals surface area (Å²) in [7, 11) is -3.74. The Bertz CT molecular complexity index is 1080. The molecular formula is C18H15N3O6S. The smallest absolute Gasteiger partial charge is 0.276 e. The third kappa shape index (κ3) is 4.95. The maximum atomic E-state index is 12.0. The zero-order valence-corrected chi connectivity index (χ0v) is 15.2. The maximum Gasteiger partial charge on any atom is 0.276 e. The van der Waals surface area contributed by atoms with Gasteiger partial charge in [0, 0.05) is 12.1 Å². The highest BCUT2D eigenvalue weighted by molar-refractivity contribution is 7.89. The standard InChI is InChI=1S/C18H15N3O6S/c22-21(23)14-6-8-15(9-7-14)26-13-17-11-10-16(27-17)12-19-20-28(24,25)18-4-2-1-3-5-18/h1-12,20H,13H2/b19-12-. The molecule has 0 radical (unpaired) electrons. The zero-order valence-electron chi connectivity index (χ0n) is 14.4. The summed E-state index contributed by atoms with van der Waals surface area (Å²) in [5.74, 6) is 1.26. The number of hydrogen-bond acceptors (Lipinski definition) is 7. The number of hydrazone groups is 1. The van der Waals surface area contributed by atoms with Crippen LogP contribution in [0.3, 0.4) is 0 Å². The van der Waals surface area contributed by atoms with E-state index in [1.807, 2.05) is 0 Å². The molecule has 1 aromatic heterocycles. The fraction of sp³-hybridized carbons (Fsp3) is 0.0556. The van der Waals surface area contributed by atoms with Crippen molar-refractivity contribution in [3.8, 4) is 5.75 Å². The van der Waals surface area contributed by atoms with Gasteiger partial charge >= 0.3 is 0 Å². The molecule has 0 saturated heterocycles. The van der Waals surface area contributed by atoms with Gasteiger partial charge in [-0.3, -0.25) is 10.1 Å². The molecule has 2 aromatic carbocycles. The van der Waals surface area contributed by atoms with Gasteiger partial charge in [0.25, 0.3) is 15.7 Å². The number of hydrogen-bond donors (Lipinski definition) is 1. The molecule has 0 atom stereocenters. The van der Waals surface area contributed by atoms with E-state index in [4.69, 9.17) is 9.15 Å². The van der Waals surface area contributed by atoms with Crippen molar-refractivity contribution >= 4 is 21.9 Å². The zero-order chi connectivity index (χ0) is 20.0. The number of nitro groups is 1. The molecule has 0 amide bonds. The minimum absolute atomic E-state index is 0.0261. The molecule has 10 heteroatoms. The van der Waals surface area contributed by atoms with Crippen molar-refractivity contribution in [2.24, 2.45) is 5.10 Å². The van der Waals surface area contributed by atoms with E-state index in [9.17, 15) is 18.5 Å². The molecule has 0 aliphatic heterocycles. The second-order valence-electron chi connectivity index (χ2n) is 5.51. The van der Waals surface area contributed by atoms with Gasteiger partial charge in [-0.2, -0.15) is 18.4 Å². The Labute approximate surface area is 160 Å². The Kier molecular flexibility index (Phi) is 5.70. The van der Waals surface area contributed by atoms with Gasteiger partial charge in [0.1, 0.15) is 23.9 Å². The van der Waals surface area contributed by atoms with Gasteiger partial charge < -0.3 is 9.15 Å². The summed E-state index contributed by atoms with van der Waals surface area (Å²) < 4.78 is 35.0. The summed E-state index contributed by atoms with van der Waals surface area (Å²) in [5.41, 5.74) is -0.0261. The summed E-state index contributed by atoms with van der Waals surface area (Å²) in [4.78, 5) is 12.3. The van der Waals surface area contributed by atoms with Gasteiger partial charge in [0.2, 0.25) is 0 Å². The molecule has 28 heavy (non-hydrogen) atoms. The third-order valence-corrected chi connectivity index (χ3v) is 4.77. The summed E-state index contributed by atoms with van der Waals surface area (Å²) >= 11 is 0. The maximum absolute atomic E-state index is 12.0. The van der Waals surface area contributed by atoms with Crippen LogP contribution in [0.15, 0.2) is 81.1 Å². The van der Waals surface area contributed by atoms with Crippen LogP contribution in [0.25, 0.3) is 0 Å². The summed E-state index contributed by atoms with van der Waals surface area (Å²) in [6.45, 7) is 0.0986. The first-order chi connectivity index (χ1) is 13.4. The predicted molar refractivity (Wildman–Crippen MR) is 100 cm³/mol. The van der Waals surface area contributed by atoms with E-state index in [-0.39, 0.29) is 17.2 Å². The Morgan fingerprint density at radius 2 is 1.79 bits per heavy atom. The molecule has 0 spiro atoms. The average Bonchev–Trinajstić information content (AvgIpc) is 3.15. The fourth-order valence-corrected chi connectivity index (χ4v) is 2.98. The van der Waals surface area contributed by atoms with Gasteiger partial charge in [-0.25, -0.2) is 0 Å². The molecule has 0 aliphatic rings. The quantitative estimate of drug-likeness (QED) is 0.351. The van der Waals surface area contributed by atoms with Crippen molar-refractivity contribution in [2.75, 3.05) is 0 Å². The van der Waals surface area contributed by atoms with Crippen LogP contribution in [0.2, 0.25) is 0 Å². The number of nitrogens with zero attached hydrogens (tertiary/aromatic N) is 2. The SMILES string of the molecule is O=[N+]([O-])c1ccc(OCc2ccc(/C=N\NS(=O)(=O)c3ccccc3)o2)cc1. The molecule has 0 aliphatic carbocycles. The number of ether oxygens (including phenoxy) is 1. The molecule has 0 unspecified atom stereocenters. The minimum atomic E-state index is -3.74. The van der Waals surface area contributed by atoms with Crippen molar-refractivity contribution in [3.05, 3.63) is 88.4 Å². The normalized spacial score (nSPS) is 11.4. The lowest BCUT2D eigenvalue weighted by molar-refractivity contribution is -0.384. The first kappa shape index (κ1) is 19.1. The largest absolute Gasteiger partial charge is 0.486 e. The average molecular weight is 401 g/mol. The first-order valence-corrected chi connectivity index (χ1v) is 9.48. The van der Waals surface area contributed by atoms with Crippen molar-refractivity contribution in [3.63, 3.8) is 0 Å². The Balaban J connectivity index is 1.55. The number of rotatable bonds is 8. The molecule has 3 rings (SSSR count). The highest BCUT2D eigenvalue weighted by atomic mass is 32.2. The van der Waals surface area contributed by atoms with E-state index in [0.717, 1.165) is 0 Å². The van der Waals surface area contributed by atoms with Gasteiger partial charge in [-0.05, 0) is 36.4 Å². The van der Waals surface area contributed by atoms with E-state index < -0.39 is 14.9 Å². The molecule has 0 saturated carbocycles. The van der Waals surface area contributed by atoms with Crippen LogP contribution in [0.1, 0.15) is 11.5 Å². The number of furan rings is 1. The Hall–Kier alpha value is -3.66. The second kappa shape index (κ2) is 8.35. The lowest BCUT2D eigenvalue weighted by Gasteiger charge is -2.03. The highest BCUT2D eigenvalue weighted by Gasteiger charge is 2.11. The summed E-state index contributed by atoms with van der Waals surface area (Å²) in [6, 6.07) is 16.8. The van der Waals surface area contributed by atoms with E-state index in [0.29, 0.717) is 17.3 Å². The summed E-state index contributed by atoms with van der Waals surface area (Å²) in [5, 5.41) is 14.3. The molecular weight excluding hydrogens is 386 g/mol. The number of nitro benzene ring substituents is 1. The Morgan fingerprint density at radius 1 is 1.07 bits per heavy atom. The first-order valence-electron chi connectivity index (χ1n) is 8.00. The lowest BCUT2D eigenvalue weighted by atomic mass is 10.3. The molecule has 9 nitrogen and oxygen atoms in total. The lowest BCUT2D eigenvalue weighted by Crippen LogP contribution is -2.18. The van der Waals surface area contributed by atoms with Gasteiger partial charge in [0.15, 0.2) is 0 Å².